The van der Waals surface area contributed by atoms with E-state index in [-0.39, 0.29) is 6.10 Å². The molecule has 2 aliphatic heterocycles. The lowest BCUT2D eigenvalue weighted by molar-refractivity contribution is -0.363. The van der Waals surface area contributed by atoms with Crippen molar-refractivity contribution >= 4 is 0 Å². The summed E-state index contributed by atoms with van der Waals surface area (Å²) in [6, 6.07) is 0. The van der Waals surface area contributed by atoms with Gasteiger partial charge in [0.05, 0.1) is 19.3 Å². The van der Waals surface area contributed by atoms with Crippen LogP contribution in [-0.4, -0.2) is 116 Å². The second kappa shape index (κ2) is 34.2. The Morgan fingerprint density at radius 3 is 1.09 bits per heavy atom. The molecule has 2 fully saturated rings. The number of aliphatic hydroxyl groups is 7. The Hall–Kier alpha value is -0.440. The molecule has 0 spiro atoms. The Morgan fingerprint density at radius 2 is 0.719 bits per heavy atom. The number of hydrogen-bond acceptors (Lipinski definition) is 11. The highest BCUT2D eigenvalue weighted by molar-refractivity contribution is 4.94. The summed E-state index contributed by atoms with van der Waals surface area (Å²) in [5, 5.41) is 72.9. The molecule has 11 nitrogen and oxygen atoms in total. The number of hydrogen-bond donors (Lipinski definition) is 7. The van der Waals surface area contributed by atoms with Crippen LogP contribution >= 0.6 is 0 Å². The van der Waals surface area contributed by atoms with Crippen LogP contribution in [0.3, 0.4) is 0 Å². The Balaban J connectivity index is 1.79. The molecule has 1 unspecified atom stereocenters. The lowest BCUT2D eigenvalue weighted by Crippen LogP contribution is -2.64. The summed E-state index contributed by atoms with van der Waals surface area (Å²) in [5.74, 6) is 0. The molecule has 11 heteroatoms. The van der Waals surface area contributed by atoms with Crippen molar-refractivity contribution < 1.29 is 54.7 Å². The molecule has 0 aromatic rings. The van der Waals surface area contributed by atoms with Gasteiger partial charge in [-0.25, -0.2) is 0 Å². The average Bonchev–Trinajstić information content (AvgIpc) is 3.21. The molecule has 2 aliphatic rings. The molecule has 0 aromatic heterocycles. The van der Waals surface area contributed by atoms with Crippen LogP contribution in [0.5, 0.6) is 0 Å². The predicted octanol–water partition coefficient (Wildman–Crippen LogP) is 8.13. The van der Waals surface area contributed by atoms with Gasteiger partial charge in [0.25, 0.3) is 0 Å². The molecule has 0 amide bonds. The van der Waals surface area contributed by atoms with Gasteiger partial charge >= 0.3 is 0 Å². The number of rotatable bonds is 37. The smallest absolute Gasteiger partial charge is 0.187 e. The zero-order valence-electron chi connectivity index (χ0n) is 36.4. The van der Waals surface area contributed by atoms with Gasteiger partial charge in [0, 0.05) is 0 Å². The van der Waals surface area contributed by atoms with E-state index in [0.29, 0.717) is 0 Å². The van der Waals surface area contributed by atoms with Gasteiger partial charge in [0.15, 0.2) is 12.6 Å². The maximum atomic E-state index is 11.2. The molecule has 57 heavy (non-hydrogen) atoms. The van der Waals surface area contributed by atoms with Gasteiger partial charge in [-0.1, -0.05) is 200 Å². The summed E-state index contributed by atoms with van der Waals surface area (Å²) in [6.45, 7) is 3.31. The molecule has 2 rings (SSSR count). The molecule has 0 aromatic carbocycles. The Morgan fingerprint density at radius 1 is 0.386 bits per heavy atom. The largest absolute Gasteiger partial charge is 0.394 e. The molecule has 0 saturated carbocycles. The molecule has 7 N–H and O–H groups in total. The lowest BCUT2D eigenvalue weighted by Gasteiger charge is -2.46. The van der Waals surface area contributed by atoms with Crippen LogP contribution in [-0.2, 0) is 18.9 Å². The number of aliphatic hydroxyl groups excluding tert-OH is 7. The van der Waals surface area contributed by atoms with Crippen LogP contribution in [0.15, 0.2) is 0 Å². The molecule has 0 bridgehead atoms. The van der Waals surface area contributed by atoms with Crippen LogP contribution < -0.4 is 0 Å². The molecular formula is C46H90O11. The van der Waals surface area contributed by atoms with Gasteiger partial charge in [-0.05, 0) is 12.8 Å². The normalized spacial score (nSPS) is 28.6. The minimum atomic E-state index is -1.70. The topological polar surface area (TPSA) is 179 Å². The minimum Gasteiger partial charge on any atom is -0.394 e. The summed E-state index contributed by atoms with van der Waals surface area (Å²) >= 11 is 0. The lowest BCUT2D eigenvalue weighted by atomic mass is 9.96. The molecule has 340 valence electrons. The average molecular weight is 819 g/mol. The first-order valence-electron chi connectivity index (χ1n) is 24.0. The molecule has 2 saturated heterocycles. The van der Waals surface area contributed by atoms with Crippen molar-refractivity contribution in [2.75, 3.05) is 13.2 Å². The number of ether oxygens (including phenoxy) is 4. The van der Waals surface area contributed by atoms with Gasteiger partial charge in [0.2, 0.25) is 0 Å². The zero-order chi connectivity index (χ0) is 41.5. The molecule has 0 radical (unpaired) electrons. The number of unbranched alkanes of at least 4 members (excludes halogenated alkanes) is 27. The summed E-state index contributed by atoms with van der Waals surface area (Å²) in [5.41, 5.74) is 0. The highest BCUT2D eigenvalue weighted by Gasteiger charge is 2.51. The van der Waals surface area contributed by atoms with Crippen LogP contribution in [0.2, 0.25) is 0 Å². The fraction of sp³-hybridized carbons (Fsp3) is 1.00. The van der Waals surface area contributed by atoms with Gasteiger partial charge in [-0.15, -0.1) is 0 Å². The molecule has 2 heterocycles. The van der Waals surface area contributed by atoms with Crippen molar-refractivity contribution in [1.29, 1.82) is 0 Å². The zero-order valence-corrected chi connectivity index (χ0v) is 36.4. The molecule has 0 aliphatic carbocycles. The fourth-order valence-electron chi connectivity index (χ4n) is 8.45. The minimum absolute atomic E-state index is 0.182. The van der Waals surface area contributed by atoms with E-state index < -0.39 is 74.6 Å². The van der Waals surface area contributed by atoms with Gasteiger partial charge in [-0.2, -0.15) is 0 Å². The van der Waals surface area contributed by atoms with Crippen LogP contribution in [0.25, 0.3) is 0 Å². The summed E-state index contributed by atoms with van der Waals surface area (Å²) in [4.78, 5) is 0. The van der Waals surface area contributed by atoms with E-state index in [1.165, 1.54) is 161 Å². The van der Waals surface area contributed by atoms with E-state index in [9.17, 15) is 35.7 Å². The Labute approximate surface area is 347 Å². The van der Waals surface area contributed by atoms with Crippen molar-refractivity contribution in [1.82, 2.24) is 0 Å². The van der Waals surface area contributed by atoms with Crippen molar-refractivity contribution in [2.24, 2.45) is 0 Å². The van der Waals surface area contributed by atoms with Crippen molar-refractivity contribution in [3.05, 3.63) is 0 Å². The molecular weight excluding hydrogens is 728 g/mol. The SMILES string of the molecule is CCCCCCCCCCCCCCCCCC(CCCCCCCCCCCCCCCC)O[C@@H]1O[C@@H](CO)[C@H](O[C@H]2O[C@@H](CO)[C@@H](O)[C@H](O)[C@@H]2O)[C@H](O)[C@@H]1O. The van der Waals surface area contributed by atoms with E-state index in [0.717, 1.165) is 38.5 Å². The third kappa shape index (κ3) is 22.3. The first-order chi connectivity index (χ1) is 27.8. The van der Waals surface area contributed by atoms with Crippen LogP contribution in [0, 0.1) is 0 Å². The quantitative estimate of drug-likeness (QED) is 0.0301. The first kappa shape index (κ1) is 52.7. The van der Waals surface area contributed by atoms with Gasteiger partial charge in [0.1, 0.15) is 48.8 Å². The Kier molecular flexibility index (Phi) is 31.6. The predicted molar refractivity (Wildman–Crippen MR) is 226 cm³/mol. The van der Waals surface area contributed by atoms with E-state index in [1.54, 1.807) is 0 Å². The third-order valence-electron chi connectivity index (χ3n) is 12.3. The highest BCUT2D eigenvalue weighted by Crippen LogP contribution is 2.31. The summed E-state index contributed by atoms with van der Waals surface area (Å²) < 4.78 is 23.6. The fourth-order valence-corrected chi connectivity index (χ4v) is 8.45. The second-order valence-electron chi connectivity index (χ2n) is 17.4. The van der Waals surface area contributed by atoms with Gasteiger partial charge in [-0.3, -0.25) is 0 Å². The second-order valence-corrected chi connectivity index (χ2v) is 17.4. The first-order valence-corrected chi connectivity index (χ1v) is 24.0. The van der Waals surface area contributed by atoms with Crippen molar-refractivity contribution in [3.63, 3.8) is 0 Å². The van der Waals surface area contributed by atoms with E-state index >= 15 is 0 Å². The maximum absolute atomic E-state index is 11.2. The maximum Gasteiger partial charge on any atom is 0.187 e. The highest BCUT2D eigenvalue weighted by atomic mass is 16.7. The monoisotopic (exact) mass is 819 g/mol. The van der Waals surface area contributed by atoms with Crippen LogP contribution in [0.1, 0.15) is 213 Å². The summed E-state index contributed by atoms with van der Waals surface area (Å²) in [6.07, 6.45) is 24.4. The molecule has 11 atom stereocenters. The van der Waals surface area contributed by atoms with Crippen molar-refractivity contribution in [2.45, 2.75) is 280 Å². The van der Waals surface area contributed by atoms with E-state index in [1.807, 2.05) is 0 Å². The van der Waals surface area contributed by atoms with Crippen LogP contribution in [0.4, 0.5) is 0 Å². The van der Waals surface area contributed by atoms with Crippen molar-refractivity contribution in [3.8, 4) is 0 Å². The Bertz CT molecular complexity index is 894. The van der Waals surface area contributed by atoms with E-state index in [4.69, 9.17) is 18.9 Å². The van der Waals surface area contributed by atoms with Gasteiger partial charge < -0.3 is 54.7 Å². The summed E-state index contributed by atoms with van der Waals surface area (Å²) in [7, 11) is 0. The van der Waals surface area contributed by atoms with E-state index in [2.05, 4.69) is 13.8 Å². The standard InChI is InChI=1S/C46H90O11/c1-3-5-7-9-11-13-15-17-19-21-23-25-27-29-31-33-36(32-30-28-26-24-22-20-18-16-14-12-10-8-6-4-2)54-45-43(53)41(51)44(38(35-48)56-45)57-46-42(52)40(50)39(49)37(34-47)55-46/h36-53H,3-35H2,1-2H3/t36?,37-,38-,39+,40-,41+,42-,43-,44-,45+,46+/m0/s1. The third-order valence-corrected chi connectivity index (χ3v) is 12.3.